The van der Waals surface area contributed by atoms with Gasteiger partial charge in [-0.15, -0.1) is 0 Å². The zero-order valence-corrected chi connectivity index (χ0v) is 51.2. The molecular formula is C66H83N7O14. The summed E-state index contributed by atoms with van der Waals surface area (Å²) in [5, 5.41) is 12.6. The van der Waals surface area contributed by atoms with Gasteiger partial charge in [0.15, 0.2) is 11.6 Å². The predicted molar refractivity (Wildman–Crippen MR) is 320 cm³/mol. The summed E-state index contributed by atoms with van der Waals surface area (Å²) in [6, 6.07) is -0.525. The van der Waals surface area contributed by atoms with Crippen molar-refractivity contribution in [2.45, 2.75) is 137 Å². The molecule has 2 saturated carbocycles. The van der Waals surface area contributed by atoms with Gasteiger partial charge < -0.3 is 56.6 Å². The Kier molecular flexibility index (Phi) is 19.1. The highest BCUT2D eigenvalue weighted by Crippen LogP contribution is 2.66. The minimum atomic E-state index is -1.02. The van der Waals surface area contributed by atoms with Crippen molar-refractivity contribution >= 4 is 58.7 Å². The van der Waals surface area contributed by atoms with Gasteiger partial charge in [-0.25, -0.2) is 9.59 Å². The number of rotatable bonds is 14. The highest BCUT2D eigenvalue weighted by Gasteiger charge is 2.68. The summed E-state index contributed by atoms with van der Waals surface area (Å²) in [6.45, 7) is 14.3. The molecule has 2 spiro atoms. The van der Waals surface area contributed by atoms with Crippen LogP contribution in [-0.2, 0) is 57.3 Å². The molecule has 8 bridgehead atoms. The lowest BCUT2D eigenvalue weighted by atomic mass is 9.52. The number of ketones is 6. The summed E-state index contributed by atoms with van der Waals surface area (Å²) in [4.78, 5) is 141. The van der Waals surface area contributed by atoms with Crippen LogP contribution in [0.3, 0.4) is 0 Å². The molecule has 8 N–H and O–H groups in total. The molecule has 0 aromatic heterocycles. The normalized spacial score (nSPS) is 34.9. The van der Waals surface area contributed by atoms with Crippen molar-refractivity contribution in [1.29, 1.82) is 0 Å². The molecule has 14 atom stereocenters. The molecule has 4 amide bonds. The first kappa shape index (κ1) is 63.9. The van der Waals surface area contributed by atoms with Crippen LogP contribution in [0.25, 0.3) is 0 Å². The van der Waals surface area contributed by atoms with Crippen molar-refractivity contribution in [3.8, 4) is 0 Å². The van der Waals surface area contributed by atoms with Gasteiger partial charge in [0.05, 0.1) is 22.8 Å². The summed E-state index contributed by atoms with van der Waals surface area (Å²) in [6.07, 6.45) is 14.1. The Labute approximate surface area is 507 Å². The number of carbonyl (C=O) groups excluding carboxylic acids is 10. The minimum Gasteiger partial charge on any atom is -0.441 e. The van der Waals surface area contributed by atoms with Gasteiger partial charge in [0.2, 0.25) is 23.1 Å². The number of nitrogens with one attached hydrogen (secondary N) is 4. The van der Waals surface area contributed by atoms with E-state index in [0.29, 0.717) is 74.0 Å². The Hall–Kier alpha value is -7.62. The first-order valence-electron chi connectivity index (χ1n) is 30.5. The molecule has 1 saturated heterocycles. The van der Waals surface area contributed by atoms with Gasteiger partial charge in [-0.3, -0.25) is 38.4 Å². The van der Waals surface area contributed by atoms with Crippen molar-refractivity contribution in [3.05, 3.63) is 117 Å². The monoisotopic (exact) mass is 1200 g/mol. The molecule has 3 aliphatic heterocycles. The van der Waals surface area contributed by atoms with Crippen LogP contribution in [0.1, 0.15) is 106 Å². The maximum atomic E-state index is 15.0. The van der Waals surface area contributed by atoms with Crippen LogP contribution in [0, 0.1) is 52.3 Å². The first-order chi connectivity index (χ1) is 41.4. The number of nitrogens with two attached hydrogens (primary N) is 2. The fourth-order valence-electron chi connectivity index (χ4n) is 15.1. The SMILES string of the molecule is CO[C@H]1C[C@H](C)CC2=C(NCCCNCCCNC3=C4C[C@@H](C)C[C@H](OC)C(=O)[C@@H](C)/C=C(\C)[C@H](OC(N)=O)[C@@H]5C=CC=C6C(=O)N(C(=CC3=O)C4=O)C3CCC635)C(=O)C=C(NC(=O)C3=CC=C[C@@H]([C@@H](OC(N)=O)/C(C)=C/[C@H](C)C1=O)[C@]31CC1C)C2=O. The third-order valence-corrected chi connectivity index (χ3v) is 19.5. The standard InChI is InChI=1S/C66H83N7O14/c1-33-24-40-53(48(74)30-46(57(40)78)72-61(80)44-16-10-15-43(66(44)32-39(66)7)60(87-64(68)83)38(6)29-36(4)56(77)50(26-33)84-8)70-22-12-20-69-21-13-23-71-54-41-25-34(2)27-51(85-9)55(76)35(3)28-37(5)59(86-63(67)82)42-14-11-17-45-62(81)73(52-18-19-65(42,45)52)47(58(41)79)31-49(54)75/h10-11,14-17,28-31,33-36,39,42-43,50-52,59-60,69-71H,12-13,18-27,32H2,1-9H3,(H2,67,82)(H2,68,83)(H,72,80)/b37-28+,38-29+/t33-,34-,35+,36+,39?,42+,43+,50+,51+,52?,59+,60+,65?,66-/m1/s1. The topological polar surface area (TPSA) is 311 Å². The molecule has 3 heterocycles. The van der Waals surface area contributed by atoms with Gasteiger partial charge >= 0.3 is 12.2 Å². The van der Waals surface area contributed by atoms with E-state index in [-0.39, 0.29) is 95.5 Å². The molecule has 21 heteroatoms. The first-order valence-corrected chi connectivity index (χ1v) is 30.5. The van der Waals surface area contributed by atoms with Crippen molar-refractivity contribution in [1.82, 2.24) is 26.2 Å². The highest BCUT2D eigenvalue weighted by atomic mass is 16.6. The summed E-state index contributed by atoms with van der Waals surface area (Å²) >= 11 is 0. The number of hydrogen-bond donors (Lipinski definition) is 6. The maximum absolute atomic E-state index is 15.0. The van der Waals surface area contributed by atoms with Gasteiger partial charge in [0, 0.05) is 102 Å². The lowest BCUT2D eigenvalue weighted by Gasteiger charge is -2.53. The van der Waals surface area contributed by atoms with Crippen LogP contribution >= 0.6 is 0 Å². The summed E-state index contributed by atoms with van der Waals surface area (Å²) in [5.41, 5.74) is 12.0. The molecular weight excluding hydrogens is 1110 g/mol. The van der Waals surface area contributed by atoms with Gasteiger partial charge in [0.25, 0.3) is 11.8 Å². The van der Waals surface area contributed by atoms with Crippen LogP contribution in [0.15, 0.2) is 117 Å². The lowest BCUT2D eigenvalue weighted by molar-refractivity contribution is -0.132. The minimum absolute atomic E-state index is 0.0233. The van der Waals surface area contributed by atoms with E-state index in [1.54, 1.807) is 64.2 Å². The van der Waals surface area contributed by atoms with Crippen LogP contribution in [0.2, 0.25) is 0 Å². The largest absolute Gasteiger partial charge is 0.441 e. The Balaban J connectivity index is 0.870. The summed E-state index contributed by atoms with van der Waals surface area (Å²) < 4.78 is 23.1. The molecule has 3 unspecified atom stereocenters. The number of primary amides is 2. The second kappa shape index (κ2) is 26.0. The zero-order chi connectivity index (χ0) is 63.0. The third kappa shape index (κ3) is 12.2. The van der Waals surface area contributed by atoms with E-state index in [1.165, 1.54) is 25.2 Å². The Morgan fingerprint density at radius 2 is 1.15 bits per heavy atom. The number of fused-ring (bicyclic) bond motifs is 5. The quantitative estimate of drug-likeness (QED) is 0.0701. The molecule has 0 radical (unpaired) electrons. The average molecular weight is 1200 g/mol. The van der Waals surface area contributed by atoms with Crippen molar-refractivity contribution in [2.75, 3.05) is 40.4 Å². The average Bonchev–Trinajstić information content (AvgIpc) is 1.56. The van der Waals surface area contributed by atoms with Gasteiger partial charge in [-0.1, -0.05) is 83.2 Å². The lowest BCUT2D eigenvalue weighted by Crippen LogP contribution is -2.56. The van der Waals surface area contributed by atoms with Crippen LogP contribution in [0.5, 0.6) is 0 Å². The van der Waals surface area contributed by atoms with Crippen LogP contribution in [0.4, 0.5) is 9.59 Å². The molecule has 87 heavy (non-hydrogen) atoms. The van der Waals surface area contributed by atoms with E-state index >= 15 is 0 Å². The molecule has 0 aromatic carbocycles. The van der Waals surface area contributed by atoms with Crippen LogP contribution < -0.4 is 32.7 Å². The molecule has 0 aromatic rings. The maximum Gasteiger partial charge on any atom is 0.405 e. The number of allylic oxidation sites excluding steroid dienone is 10. The molecule has 9 rings (SSSR count). The second-order valence-corrected chi connectivity index (χ2v) is 25.3. The van der Waals surface area contributed by atoms with Gasteiger partial charge in [-0.05, 0) is 114 Å². The Bertz CT molecular complexity index is 3270. The fraction of sp³-hybridized carbons (Fsp3) is 0.545. The van der Waals surface area contributed by atoms with Crippen molar-refractivity contribution < 1.29 is 66.9 Å². The number of hydrogen-bond acceptors (Lipinski definition) is 17. The smallest absolute Gasteiger partial charge is 0.405 e. The Morgan fingerprint density at radius 1 is 0.667 bits per heavy atom. The summed E-state index contributed by atoms with van der Waals surface area (Å²) in [7, 11) is 2.89. The number of ether oxygens (including phenoxy) is 4. The van der Waals surface area contributed by atoms with E-state index in [2.05, 4.69) is 21.3 Å². The second-order valence-electron chi connectivity index (χ2n) is 25.3. The van der Waals surface area contributed by atoms with E-state index < -0.39 is 112 Å². The zero-order valence-electron chi connectivity index (χ0n) is 51.2. The third-order valence-electron chi connectivity index (χ3n) is 19.5. The number of methoxy groups -OCH3 is 2. The fourth-order valence-corrected chi connectivity index (χ4v) is 15.1. The van der Waals surface area contributed by atoms with E-state index in [9.17, 15) is 47.9 Å². The van der Waals surface area contributed by atoms with Crippen molar-refractivity contribution in [3.63, 3.8) is 0 Å². The highest BCUT2D eigenvalue weighted by molar-refractivity contribution is 6.25. The van der Waals surface area contributed by atoms with Gasteiger partial charge in [-0.2, -0.15) is 0 Å². The number of amides is 4. The van der Waals surface area contributed by atoms with Crippen LogP contribution in [-0.4, -0.2) is 134 Å². The molecule has 21 nitrogen and oxygen atoms in total. The predicted octanol–water partition coefficient (Wildman–Crippen LogP) is 5.59. The number of Topliss-reactive ketones (excluding diaryl/α,β-unsaturated/α-hetero) is 4. The molecule has 466 valence electrons. The van der Waals surface area contributed by atoms with Gasteiger partial charge in [0.1, 0.15) is 24.4 Å². The molecule has 6 aliphatic carbocycles. The van der Waals surface area contributed by atoms with Crippen molar-refractivity contribution in [2.24, 2.45) is 63.7 Å². The Morgan fingerprint density at radius 3 is 1.62 bits per heavy atom. The number of nitrogens with zero attached hydrogens (tertiary/aromatic N) is 1. The molecule has 9 aliphatic rings. The van der Waals surface area contributed by atoms with E-state index in [0.717, 1.165) is 6.08 Å². The number of carbonyl (C=O) groups is 10. The van der Waals surface area contributed by atoms with E-state index in [4.69, 9.17) is 30.4 Å². The molecule has 3 fully saturated rings. The summed E-state index contributed by atoms with van der Waals surface area (Å²) in [5.74, 6) is -6.56. The van der Waals surface area contributed by atoms with E-state index in [1.807, 2.05) is 32.9 Å².